The molecule has 34 heavy (non-hydrogen) atoms. The summed E-state index contributed by atoms with van der Waals surface area (Å²) in [4.78, 5) is 37.5. The highest BCUT2D eigenvalue weighted by Crippen LogP contribution is 2.30. The molecule has 0 atom stereocenters. The first kappa shape index (κ1) is 23.1. The van der Waals surface area contributed by atoms with Gasteiger partial charge in [0.25, 0.3) is 5.56 Å². The minimum Gasteiger partial charge on any atom is -0.423 e. The second-order valence-electron chi connectivity index (χ2n) is 7.26. The predicted molar refractivity (Wildman–Crippen MR) is 118 cm³/mol. The number of halogens is 3. The molecule has 178 valence electrons. The quantitative estimate of drug-likeness (QED) is 0.482. The minimum atomic E-state index is -5.08. The first-order chi connectivity index (χ1) is 16.3. The summed E-state index contributed by atoms with van der Waals surface area (Å²) in [5.41, 5.74) is -0.495. The Morgan fingerprint density at radius 2 is 1.97 bits per heavy atom. The van der Waals surface area contributed by atoms with Gasteiger partial charge in [-0.15, -0.1) is 5.92 Å². The smallest absolute Gasteiger partial charge is 0.423 e. The molecule has 0 bridgehead atoms. The Kier molecular flexibility index (Phi) is 6.42. The lowest BCUT2D eigenvalue weighted by molar-refractivity contribution is -0.167. The fourth-order valence-electron chi connectivity index (χ4n) is 3.43. The third-order valence-corrected chi connectivity index (χ3v) is 4.99. The average molecular weight is 475 g/mol. The number of alkyl halides is 3. The third kappa shape index (κ3) is 4.81. The number of aromatic amines is 1. The van der Waals surface area contributed by atoms with Crippen LogP contribution in [0.5, 0.6) is 11.8 Å². The van der Waals surface area contributed by atoms with Crippen LogP contribution in [-0.4, -0.2) is 57.8 Å². The van der Waals surface area contributed by atoms with E-state index in [9.17, 15) is 22.8 Å². The molecule has 3 N–H and O–H groups in total. The zero-order valence-electron chi connectivity index (χ0n) is 18.0. The fraction of sp³-hybridized carbons (Fsp3) is 0.333. The SMILES string of the molecule is CC#CCn1c(N2CCNCC2)nc2nc(Oc3ccccc3NC(=O)C(F)(F)F)[nH]c(=O)c21. The van der Waals surface area contributed by atoms with E-state index in [1.54, 1.807) is 16.8 Å². The van der Waals surface area contributed by atoms with Gasteiger partial charge in [0, 0.05) is 26.2 Å². The number of ether oxygens (including phenoxy) is 1. The molecule has 0 spiro atoms. The number of carbonyl (C=O) groups is 1. The van der Waals surface area contributed by atoms with Crippen molar-refractivity contribution >= 4 is 28.7 Å². The Labute approximate surface area is 191 Å². The standard InChI is InChI=1S/C21H20F3N7O3/c1-2-3-10-31-15-16(28-20(31)30-11-8-25-9-12-30)27-19(29-17(15)32)34-14-7-5-4-6-13(14)26-18(33)21(22,23)24/h4-7,25H,8-12H2,1H3,(H,26,33)(H,27,29,32). The zero-order valence-corrected chi connectivity index (χ0v) is 18.0. The second kappa shape index (κ2) is 9.44. The van der Waals surface area contributed by atoms with Crippen molar-refractivity contribution in [3.05, 3.63) is 34.6 Å². The summed E-state index contributed by atoms with van der Waals surface area (Å²) in [5, 5.41) is 4.99. The minimum absolute atomic E-state index is 0.0991. The Hall–Kier alpha value is -4.05. The van der Waals surface area contributed by atoms with Crippen molar-refractivity contribution in [1.82, 2.24) is 24.8 Å². The lowest BCUT2D eigenvalue weighted by Gasteiger charge is -2.28. The third-order valence-electron chi connectivity index (χ3n) is 4.99. The molecule has 1 saturated heterocycles. The monoisotopic (exact) mass is 475 g/mol. The number of hydrogen-bond acceptors (Lipinski definition) is 7. The number of carbonyl (C=O) groups excluding carboxylic acids is 1. The maximum atomic E-state index is 12.9. The van der Waals surface area contributed by atoms with E-state index in [0.29, 0.717) is 19.0 Å². The van der Waals surface area contributed by atoms with E-state index in [0.717, 1.165) is 13.1 Å². The van der Waals surface area contributed by atoms with Crippen molar-refractivity contribution in [2.75, 3.05) is 36.4 Å². The van der Waals surface area contributed by atoms with Gasteiger partial charge in [0.05, 0.1) is 12.2 Å². The van der Waals surface area contributed by atoms with Crippen molar-refractivity contribution in [2.24, 2.45) is 0 Å². The molecular formula is C21H20F3N7O3. The second-order valence-corrected chi connectivity index (χ2v) is 7.26. The van der Waals surface area contributed by atoms with Crippen LogP contribution in [0.4, 0.5) is 24.8 Å². The van der Waals surface area contributed by atoms with E-state index >= 15 is 0 Å². The van der Waals surface area contributed by atoms with Crippen LogP contribution in [0.25, 0.3) is 11.2 Å². The number of H-pyrrole nitrogens is 1. The van der Waals surface area contributed by atoms with Crippen LogP contribution in [0.15, 0.2) is 29.1 Å². The Bertz CT molecular complexity index is 1330. The molecule has 13 heteroatoms. The van der Waals surface area contributed by atoms with Gasteiger partial charge in [-0.3, -0.25) is 19.1 Å². The predicted octanol–water partition coefficient (Wildman–Crippen LogP) is 1.85. The van der Waals surface area contributed by atoms with Crippen LogP contribution in [0, 0.1) is 11.8 Å². The first-order valence-electron chi connectivity index (χ1n) is 10.3. The fourth-order valence-corrected chi connectivity index (χ4v) is 3.43. The van der Waals surface area contributed by atoms with Crippen LogP contribution >= 0.6 is 0 Å². The number of fused-ring (bicyclic) bond motifs is 1. The van der Waals surface area contributed by atoms with Crippen molar-refractivity contribution in [3.8, 4) is 23.6 Å². The molecule has 1 aliphatic heterocycles. The normalized spacial score (nSPS) is 13.9. The van der Waals surface area contributed by atoms with Gasteiger partial charge in [0.2, 0.25) is 5.95 Å². The van der Waals surface area contributed by atoms with Crippen LogP contribution in [0.2, 0.25) is 0 Å². The molecular weight excluding hydrogens is 455 g/mol. The van der Waals surface area contributed by atoms with Gasteiger partial charge >= 0.3 is 18.1 Å². The van der Waals surface area contributed by atoms with Gasteiger partial charge < -0.3 is 20.3 Å². The number of hydrogen-bond donors (Lipinski definition) is 3. The molecule has 0 aliphatic carbocycles. The summed E-state index contributed by atoms with van der Waals surface area (Å²) in [5.74, 6) is 3.96. The number of amides is 1. The van der Waals surface area contributed by atoms with Gasteiger partial charge in [-0.05, 0) is 19.1 Å². The Morgan fingerprint density at radius 1 is 1.24 bits per heavy atom. The van der Waals surface area contributed by atoms with Crippen molar-refractivity contribution in [2.45, 2.75) is 19.6 Å². The number of aromatic nitrogens is 4. The van der Waals surface area contributed by atoms with E-state index in [1.165, 1.54) is 24.3 Å². The summed E-state index contributed by atoms with van der Waals surface area (Å²) in [6.07, 6.45) is -5.08. The molecule has 3 heterocycles. The van der Waals surface area contributed by atoms with E-state index in [2.05, 4.69) is 32.1 Å². The van der Waals surface area contributed by atoms with E-state index in [1.807, 2.05) is 4.90 Å². The van der Waals surface area contributed by atoms with E-state index in [-0.39, 0.29) is 35.2 Å². The van der Waals surface area contributed by atoms with Crippen molar-refractivity contribution < 1.29 is 22.7 Å². The number of rotatable bonds is 5. The molecule has 0 saturated carbocycles. The van der Waals surface area contributed by atoms with Crippen LogP contribution in [0.1, 0.15) is 6.92 Å². The molecule has 1 aromatic carbocycles. The molecule has 4 rings (SSSR count). The number of benzene rings is 1. The number of nitrogens with one attached hydrogen (secondary N) is 3. The topological polar surface area (TPSA) is 117 Å². The Balaban J connectivity index is 1.71. The molecule has 1 amide bonds. The molecule has 1 aliphatic rings. The number of piperazine rings is 1. The number of imidazole rings is 1. The molecule has 1 fully saturated rings. The highest BCUT2D eigenvalue weighted by atomic mass is 19.4. The molecule has 0 unspecified atom stereocenters. The summed E-state index contributed by atoms with van der Waals surface area (Å²) < 4.78 is 45.2. The van der Waals surface area contributed by atoms with Crippen molar-refractivity contribution in [3.63, 3.8) is 0 Å². The summed E-state index contributed by atoms with van der Waals surface area (Å²) >= 11 is 0. The molecule has 3 aromatic rings. The zero-order chi connectivity index (χ0) is 24.3. The number of nitrogens with zero attached hydrogens (tertiary/aromatic N) is 4. The lowest BCUT2D eigenvalue weighted by Crippen LogP contribution is -2.44. The molecule has 0 radical (unpaired) electrons. The summed E-state index contributed by atoms with van der Waals surface area (Å²) in [6.45, 7) is 4.77. The highest BCUT2D eigenvalue weighted by Gasteiger charge is 2.39. The van der Waals surface area contributed by atoms with Crippen LogP contribution in [0.3, 0.4) is 0 Å². The highest BCUT2D eigenvalue weighted by molar-refractivity contribution is 5.96. The van der Waals surface area contributed by atoms with E-state index in [4.69, 9.17) is 4.74 Å². The summed E-state index contributed by atoms with van der Waals surface area (Å²) in [6, 6.07) is 5.20. The van der Waals surface area contributed by atoms with Gasteiger partial charge in [0.15, 0.2) is 16.9 Å². The molecule has 10 nitrogen and oxygen atoms in total. The molecule has 2 aromatic heterocycles. The van der Waals surface area contributed by atoms with Gasteiger partial charge in [0.1, 0.15) is 0 Å². The number of anilines is 2. The Morgan fingerprint density at radius 3 is 2.68 bits per heavy atom. The van der Waals surface area contributed by atoms with E-state index < -0.39 is 17.6 Å². The first-order valence-corrected chi connectivity index (χ1v) is 10.3. The maximum absolute atomic E-state index is 12.9. The van der Waals surface area contributed by atoms with Crippen LogP contribution in [-0.2, 0) is 11.3 Å². The van der Waals surface area contributed by atoms with Crippen LogP contribution < -0.4 is 25.8 Å². The van der Waals surface area contributed by atoms with Crippen molar-refractivity contribution in [1.29, 1.82) is 0 Å². The average Bonchev–Trinajstić information content (AvgIpc) is 3.17. The van der Waals surface area contributed by atoms with Gasteiger partial charge in [-0.2, -0.15) is 23.1 Å². The largest absolute Gasteiger partial charge is 0.471 e. The summed E-state index contributed by atoms with van der Waals surface area (Å²) in [7, 11) is 0. The van der Waals surface area contributed by atoms with Gasteiger partial charge in [-0.25, -0.2) is 0 Å². The number of para-hydroxylation sites is 2. The van der Waals surface area contributed by atoms with Gasteiger partial charge in [-0.1, -0.05) is 18.1 Å². The lowest BCUT2D eigenvalue weighted by atomic mass is 10.3. The maximum Gasteiger partial charge on any atom is 0.471 e.